The van der Waals surface area contributed by atoms with Gasteiger partial charge in [-0.25, -0.2) is 17.7 Å². The van der Waals surface area contributed by atoms with Crippen LogP contribution in [0.3, 0.4) is 0 Å². The van der Waals surface area contributed by atoms with Gasteiger partial charge in [0.05, 0.1) is 0 Å². The van der Waals surface area contributed by atoms with Crippen LogP contribution in [-0.2, 0) is 10.0 Å². The fourth-order valence-corrected chi connectivity index (χ4v) is 3.79. The molecule has 0 bridgehead atoms. The molecule has 0 saturated carbocycles. The fraction of sp³-hybridized carbons (Fsp3) is 0.353. The molecule has 0 unspecified atom stereocenters. The monoisotopic (exact) mass is 374 g/mol. The van der Waals surface area contributed by atoms with Gasteiger partial charge in [-0.3, -0.25) is 4.98 Å². The first-order valence-electron chi connectivity index (χ1n) is 8.50. The molecule has 0 radical (unpaired) electrons. The summed E-state index contributed by atoms with van der Waals surface area (Å²) in [5, 5.41) is 4.07. The molecule has 3 rings (SSSR count). The second-order valence-electron chi connectivity index (χ2n) is 6.13. The summed E-state index contributed by atoms with van der Waals surface area (Å²) in [7, 11) is -3.61. The summed E-state index contributed by atoms with van der Waals surface area (Å²) in [6, 6.07) is 5.20. The molecule has 3 N–H and O–H groups in total. The highest BCUT2D eigenvalue weighted by molar-refractivity contribution is 7.89. The van der Waals surface area contributed by atoms with E-state index >= 15 is 0 Å². The molecule has 9 heteroatoms. The number of nitrogens with zero attached hydrogens (tertiary/aromatic N) is 4. The predicted molar refractivity (Wildman–Crippen MR) is 99.9 cm³/mol. The minimum atomic E-state index is -3.61. The van der Waals surface area contributed by atoms with Crippen LogP contribution < -0.4 is 10.5 Å². The molecule has 0 saturated heterocycles. The lowest BCUT2D eigenvalue weighted by molar-refractivity contribution is 0.479. The molecule has 3 aromatic heterocycles. The summed E-state index contributed by atoms with van der Waals surface area (Å²) in [4.78, 5) is 8.30. The van der Waals surface area contributed by atoms with Crippen LogP contribution in [0, 0.1) is 5.92 Å². The number of nitrogens with one attached hydrogen (secondary N) is 1. The van der Waals surface area contributed by atoms with Crippen LogP contribution in [0.5, 0.6) is 0 Å². The Morgan fingerprint density at radius 1 is 1.19 bits per heavy atom. The maximum atomic E-state index is 12.6. The van der Waals surface area contributed by atoms with Crippen LogP contribution in [0.4, 0.5) is 5.95 Å². The maximum absolute atomic E-state index is 12.6. The molecule has 8 nitrogen and oxygen atoms in total. The predicted octanol–water partition coefficient (Wildman–Crippen LogP) is 2.09. The van der Waals surface area contributed by atoms with Gasteiger partial charge in [0.2, 0.25) is 16.0 Å². The van der Waals surface area contributed by atoms with Crippen molar-refractivity contribution in [3.63, 3.8) is 0 Å². The largest absolute Gasteiger partial charge is 0.366 e. The van der Waals surface area contributed by atoms with Gasteiger partial charge in [0.15, 0.2) is 5.65 Å². The highest BCUT2D eigenvalue weighted by Gasteiger charge is 2.17. The Bertz CT molecular complexity index is 1010. The number of hydrogen-bond donors (Lipinski definition) is 2. The Kier molecular flexibility index (Phi) is 5.19. The number of aromatic nitrogens is 4. The smallest absolute Gasteiger partial charge is 0.242 e. The van der Waals surface area contributed by atoms with Crippen molar-refractivity contribution in [3.05, 3.63) is 36.8 Å². The Hall–Kier alpha value is -2.52. The van der Waals surface area contributed by atoms with E-state index in [1.165, 1.54) is 6.20 Å². The Labute approximate surface area is 152 Å². The molecule has 26 heavy (non-hydrogen) atoms. The zero-order valence-corrected chi connectivity index (χ0v) is 15.6. The zero-order valence-electron chi connectivity index (χ0n) is 14.8. The van der Waals surface area contributed by atoms with Gasteiger partial charge in [0.25, 0.3) is 0 Å². The molecule has 0 aliphatic rings. The number of fused-ring (bicyclic) bond motifs is 1. The summed E-state index contributed by atoms with van der Waals surface area (Å²) in [6.07, 6.45) is 6.56. The second-order valence-corrected chi connectivity index (χ2v) is 7.90. The molecule has 0 fully saturated rings. The summed E-state index contributed by atoms with van der Waals surface area (Å²) < 4.78 is 29.4. The van der Waals surface area contributed by atoms with Crippen molar-refractivity contribution in [2.45, 2.75) is 31.6 Å². The van der Waals surface area contributed by atoms with Gasteiger partial charge < -0.3 is 5.73 Å². The van der Waals surface area contributed by atoms with E-state index in [-0.39, 0.29) is 10.8 Å². The molecule has 0 amide bonds. The van der Waals surface area contributed by atoms with Crippen molar-refractivity contribution in [1.29, 1.82) is 0 Å². The topological polar surface area (TPSA) is 115 Å². The summed E-state index contributed by atoms with van der Waals surface area (Å²) in [5.41, 5.74) is 7.66. The standard InChI is InChI=1S/C17H22N6O2S/c1-3-12(4-2)8-20-26(24,25)15-7-14(9-19-10-15)13-5-6-16-21-17(18)22-23(16)11-13/h5-7,9-12,20H,3-4,8H2,1-2H3,(H2,18,22). The number of sulfonamides is 1. The van der Waals surface area contributed by atoms with Gasteiger partial charge in [-0.2, -0.15) is 4.98 Å². The van der Waals surface area contributed by atoms with Crippen molar-refractivity contribution in [3.8, 4) is 11.1 Å². The maximum Gasteiger partial charge on any atom is 0.242 e. The number of nitrogens with two attached hydrogens (primary N) is 1. The first-order valence-corrected chi connectivity index (χ1v) is 9.98. The second kappa shape index (κ2) is 7.38. The molecular formula is C17H22N6O2S. The van der Waals surface area contributed by atoms with Crippen LogP contribution in [0.15, 0.2) is 41.7 Å². The number of nitrogen functional groups attached to an aromatic ring is 1. The number of hydrogen-bond acceptors (Lipinski definition) is 6. The van der Waals surface area contributed by atoms with E-state index in [2.05, 4.69) is 33.6 Å². The first-order chi connectivity index (χ1) is 12.4. The van der Waals surface area contributed by atoms with E-state index in [1.54, 1.807) is 29.0 Å². The third-order valence-corrected chi connectivity index (χ3v) is 5.81. The highest BCUT2D eigenvalue weighted by Crippen LogP contribution is 2.22. The normalized spacial score (nSPS) is 12.1. The molecule has 0 aliphatic carbocycles. The van der Waals surface area contributed by atoms with Crippen molar-refractivity contribution in [1.82, 2.24) is 24.3 Å². The third-order valence-electron chi connectivity index (χ3n) is 4.42. The molecular weight excluding hydrogens is 352 g/mol. The quantitative estimate of drug-likeness (QED) is 0.654. The average Bonchev–Trinajstić information content (AvgIpc) is 3.01. The highest BCUT2D eigenvalue weighted by atomic mass is 32.2. The van der Waals surface area contributed by atoms with Gasteiger partial charge in [0, 0.05) is 36.3 Å². The molecule has 0 spiro atoms. The van der Waals surface area contributed by atoms with Crippen LogP contribution in [-0.4, -0.2) is 34.5 Å². The zero-order chi connectivity index (χ0) is 18.7. The van der Waals surface area contributed by atoms with Crippen molar-refractivity contribution in [2.24, 2.45) is 5.92 Å². The number of pyridine rings is 2. The van der Waals surface area contributed by atoms with Crippen LogP contribution in [0.1, 0.15) is 26.7 Å². The van der Waals surface area contributed by atoms with Crippen LogP contribution >= 0.6 is 0 Å². The van der Waals surface area contributed by atoms with Crippen molar-refractivity contribution >= 4 is 21.6 Å². The van der Waals surface area contributed by atoms with E-state index in [9.17, 15) is 8.42 Å². The lowest BCUT2D eigenvalue weighted by Crippen LogP contribution is -2.29. The Balaban J connectivity index is 1.89. The molecule has 138 valence electrons. The lowest BCUT2D eigenvalue weighted by atomic mass is 10.0. The number of anilines is 1. The average molecular weight is 374 g/mol. The summed E-state index contributed by atoms with van der Waals surface area (Å²) in [5.74, 6) is 0.503. The Morgan fingerprint density at radius 3 is 2.69 bits per heavy atom. The third kappa shape index (κ3) is 3.83. The van der Waals surface area contributed by atoms with E-state index in [4.69, 9.17) is 5.73 Å². The minimum Gasteiger partial charge on any atom is -0.366 e. The van der Waals surface area contributed by atoms with E-state index in [1.807, 2.05) is 6.07 Å². The van der Waals surface area contributed by atoms with Gasteiger partial charge >= 0.3 is 0 Å². The van der Waals surface area contributed by atoms with Gasteiger partial charge in [-0.1, -0.05) is 26.7 Å². The van der Waals surface area contributed by atoms with Gasteiger partial charge in [-0.05, 0) is 24.1 Å². The van der Waals surface area contributed by atoms with Gasteiger partial charge in [-0.15, -0.1) is 5.10 Å². The molecule has 0 aliphatic heterocycles. The minimum absolute atomic E-state index is 0.138. The first kappa shape index (κ1) is 18.3. The number of rotatable bonds is 7. The summed E-state index contributed by atoms with van der Waals surface area (Å²) >= 11 is 0. The molecule has 3 heterocycles. The lowest BCUT2D eigenvalue weighted by Gasteiger charge is -2.14. The van der Waals surface area contributed by atoms with Crippen LogP contribution in [0.2, 0.25) is 0 Å². The van der Waals surface area contributed by atoms with E-state index in [0.717, 1.165) is 18.4 Å². The molecule has 0 aromatic carbocycles. The molecule has 0 atom stereocenters. The van der Waals surface area contributed by atoms with Gasteiger partial charge in [0.1, 0.15) is 4.90 Å². The van der Waals surface area contributed by atoms with Crippen LogP contribution in [0.25, 0.3) is 16.8 Å². The fourth-order valence-electron chi connectivity index (χ4n) is 2.68. The Morgan fingerprint density at radius 2 is 1.96 bits per heavy atom. The molecule has 3 aromatic rings. The van der Waals surface area contributed by atoms with E-state index < -0.39 is 10.0 Å². The van der Waals surface area contributed by atoms with E-state index in [0.29, 0.717) is 23.7 Å². The summed E-state index contributed by atoms with van der Waals surface area (Å²) in [6.45, 7) is 4.53. The van der Waals surface area contributed by atoms with Crippen molar-refractivity contribution in [2.75, 3.05) is 12.3 Å². The SMILES string of the molecule is CCC(CC)CNS(=O)(=O)c1cncc(-c2ccc3nc(N)nn3c2)c1. The van der Waals surface area contributed by atoms with Crippen molar-refractivity contribution < 1.29 is 8.42 Å².